The van der Waals surface area contributed by atoms with Gasteiger partial charge in [-0.2, -0.15) is 15.6 Å². The molecule has 1 fully saturated rings. The fraction of sp³-hybridized carbons (Fsp3) is 0.357. The smallest absolute Gasteiger partial charge is 0.250 e. The second kappa shape index (κ2) is 19.5. The molecule has 0 bridgehead atoms. The Hall–Kier alpha value is -3.80. The highest BCUT2D eigenvalue weighted by Gasteiger charge is 2.21. The van der Waals surface area contributed by atoms with Crippen molar-refractivity contribution in [2.45, 2.75) is 46.5 Å². The van der Waals surface area contributed by atoms with Gasteiger partial charge in [0.2, 0.25) is 0 Å². The number of aliphatic hydroxyl groups is 1. The summed E-state index contributed by atoms with van der Waals surface area (Å²) in [6.07, 6.45) is 8.39. The fourth-order valence-electron chi connectivity index (χ4n) is 3.21. The van der Waals surface area contributed by atoms with Crippen LogP contribution in [0.25, 0.3) is 10.5 Å². The van der Waals surface area contributed by atoms with Crippen molar-refractivity contribution in [2.75, 3.05) is 24.4 Å². The summed E-state index contributed by atoms with van der Waals surface area (Å²) >= 11 is 23.4. The van der Waals surface area contributed by atoms with Gasteiger partial charge >= 0.3 is 0 Å². The van der Waals surface area contributed by atoms with Crippen LogP contribution in [0.1, 0.15) is 52.1 Å². The number of aliphatic hydroxyl groups excluding tert-OH is 1. The third-order valence-corrected chi connectivity index (χ3v) is 6.60. The lowest BCUT2D eigenvalue weighted by Crippen LogP contribution is -2.07. The number of hydrogen-bond acceptors (Lipinski definition) is 10. The van der Waals surface area contributed by atoms with E-state index in [9.17, 15) is 0 Å². The molecule has 0 saturated carbocycles. The standard InChI is InChI=1S/C12H11Cl2N5.C7H8N2O.C5H5Cl2N3.C4H8O/c1-6(2)9-10(16-3)12(15)19(18-9)11-7(13)4-17-5-8(11)14;1-5(2)7(10)6(3-8)4-9;6-3-1-9-2-4(7)5(3)10-8;1-2-4-5-3-1/h4-6H,15H2,1-2H3;5,10H,1-2H3;1-2H,8H2,(H,9,10);1-4H2. The molecule has 4 rings (SSSR count). The largest absolute Gasteiger partial charge is 0.510 e. The number of allylic oxidation sites excluding steroid dienone is 2. The monoisotopic (exact) mass is 680 g/mol. The van der Waals surface area contributed by atoms with Crippen LogP contribution in [0.15, 0.2) is 36.1 Å². The van der Waals surface area contributed by atoms with Gasteiger partial charge in [0, 0.05) is 43.9 Å². The number of halogens is 4. The third-order valence-electron chi connectivity index (χ3n) is 5.47. The first-order valence-electron chi connectivity index (χ1n) is 13.0. The quantitative estimate of drug-likeness (QED) is 0.0695. The van der Waals surface area contributed by atoms with Crippen molar-refractivity contribution in [3.63, 3.8) is 0 Å². The zero-order valence-corrected chi connectivity index (χ0v) is 27.5. The molecule has 0 unspecified atom stereocenters. The average Bonchev–Trinajstić information content (AvgIpc) is 3.67. The number of aromatic nitrogens is 4. The molecule has 0 atom stereocenters. The van der Waals surface area contributed by atoms with Crippen molar-refractivity contribution in [3.05, 3.63) is 73.3 Å². The maximum atomic E-state index is 9.02. The minimum Gasteiger partial charge on any atom is -0.510 e. The van der Waals surface area contributed by atoms with Gasteiger partial charge in [-0.05, 0) is 18.8 Å². The van der Waals surface area contributed by atoms with Gasteiger partial charge in [-0.25, -0.2) is 9.53 Å². The number of rotatable bonds is 4. The second-order valence-corrected chi connectivity index (χ2v) is 11.0. The van der Waals surface area contributed by atoms with Gasteiger partial charge in [-0.1, -0.05) is 74.1 Å². The van der Waals surface area contributed by atoms with Gasteiger partial charge < -0.3 is 21.0 Å². The van der Waals surface area contributed by atoms with E-state index >= 15 is 0 Å². The van der Waals surface area contributed by atoms with Gasteiger partial charge in [-0.3, -0.25) is 15.8 Å². The highest BCUT2D eigenvalue weighted by atomic mass is 35.5. The van der Waals surface area contributed by atoms with Crippen LogP contribution in [-0.4, -0.2) is 38.1 Å². The summed E-state index contributed by atoms with van der Waals surface area (Å²) < 4.78 is 6.34. The van der Waals surface area contributed by atoms with Crippen molar-refractivity contribution in [1.29, 1.82) is 10.5 Å². The summed E-state index contributed by atoms with van der Waals surface area (Å²) in [6.45, 7) is 16.5. The van der Waals surface area contributed by atoms with Crippen LogP contribution in [0.4, 0.5) is 17.2 Å². The first kappa shape index (κ1) is 38.2. The van der Waals surface area contributed by atoms with Crippen LogP contribution in [0.3, 0.4) is 0 Å². The van der Waals surface area contributed by atoms with Crippen LogP contribution >= 0.6 is 46.4 Å². The van der Waals surface area contributed by atoms with E-state index < -0.39 is 0 Å². The Morgan fingerprint density at radius 3 is 1.75 bits per heavy atom. The van der Waals surface area contributed by atoms with E-state index in [2.05, 4.69) is 25.3 Å². The van der Waals surface area contributed by atoms with E-state index in [1.807, 2.05) is 13.8 Å². The SMILES string of the molecule is C1CCOC1.CC(C)C(O)=C(C#N)C#N.NNc1c(Cl)cncc1Cl.[C-]#[N+]c1c(C(C)C)nn(-c2c(Cl)cncc2Cl)c1N. The molecule has 1 aliphatic heterocycles. The lowest BCUT2D eigenvalue weighted by molar-refractivity contribution is 0.198. The Kier molecular flexibility index (Phi) is 16.9. The molecule has 3 aromatic rings. The van der Waals surface area contributed by atoms with E-state index in [4.69, 9.17) is 84.9 Å². The molecule has 0 aliphatic carbocycles. The van der Waals surface area contributed by atoms with Gasteiger partial charge in [0.05, 0.1) is 38.0 Å². The molecule has 0 aromatic carbocycles. The van der Waals surface area contributed by atoms with Gasteiger partial charge in [0.15, 0.2) is 5.57 Å². The Morgan fingerprint density at radius 2 is 1.48 bits per heavy atom. The van der Waals surface area contributed by atoms with Gasteiger partial charge in [-0.15, -0.1) is 0 Å². The number of nitrogens with zero attached hydrogens (tertiary/aromatic N) is 7. The topological polar surface area (TPSA) is 189 Å². The average molecular weight is 682 g/mol. The number of anilines is 2. The molecule has 12 nitrogen and oxygen atoms in total. The zero-order chi connectivity index (χ0) is 33.4. The van der Waals surface area contributed by atoms with Crippen molar-refractivity contribution in [1.82, 2.24) is 19.7 Å². The number of nitrogens with two attached hydrogens (primary N) is 2. The number of hydrazine groups is 1. The van der Waals surface area contributed by atoms with Crippen LogP contribution in [0, 0.1) is 35.2 Å². The maximum Gasteiger partial charge on any atom is 0.250 e. The molecule has 44 heavy (non-hydrogen) atoms. The number of pyridine rings is 2. The minimum absolute atomic E-state index is 0.0760. The lowest BCUT2D eigenvalue weighted by Gasteiger charge is -2.08. The van der Waals surface area contributed by atoms with E-state index in [1.54, 1.807) is 26.0 Å². The van der Waals surface area contributed by atoms with Crippen LogP contribution < -0.4 is 17.0 Å². The van der Waals surface area contributed by atoms with Crippen molar-refractivity contribution >= 4 is 63.6 Å². The first-order valence-corrected chi connectivity index (χ1v) is 14.5. The Balaban J connectivity index is 0.000000327. The number of nitrogens with one attached hydrogen (secondary N) is 1. The van der Waals surface area contributed by atoms with E-state index in [-0.39, 0.29) is 29.0 Å². The van der Waals surface area contributed by atoms with Gasteiger partial charge in [0.1, 0.15) is 29.4 Å². The lowest BCUT2D eigenvalue weighted by atomic mass is 10.1. The van der Waals surface area contributed by atoms with Crippen molar-refractivity contribution in [3.8, 4) is 17.8 Å². The summed E-state index contributed by atoms with van der Waals surface area (Å²) in [4.78, 5) is 11.0. The Bertz CT molecular complexity index is 1490. The van der Waals surface area contributed by atoms with Gasteiger partial charge in [0.25, 0.3) is 5.69 Å². The number of nitriles is 2. The Morgan fingerprint density at radius 1 is 1.00 bits per heavy atom. The van der Waals surface area contributed by atoms with Crippen LogP contribution in [-0.2, 0) is 4.74 Å². The highest BCUT2D eigenvalue weighted by Crippen LogP contribution is 2.37. The molecule has 1 aliphatic rings. The molecule has 0 radical (unpaired) electrons. The predicted octanol–water partition coefficient (Wildman–Crippen LogP) is 7.80. The maximum absolute atomic E-state index is 9.02. The summed E-state index contributed by atoms with van der Waals surface area (Å²) in [5.41, 5.74) is 10.0. The molecular weight excluding hydrogens is 650 g/mol. The van der Waals surface area contributed by atoms with Crippen molar-refractivity contribution in [2.24, 2.45) is 11.8 Å². The van der Waals surface area contributed by atoms with E-state index in [0.717, 1.165) is 13.2 Å². The fourth-order valence-corrected chi connectivity index (χ4v) is 4.21. The van der Waals surface area contributed by atoms with E-state index in [1.165, 1.54) is 42.3 Å². The number of hydrogen-bond donors (Lipinski definition) is 4. The first-order chi connectivity index (χ1) is 20.9. The molecular formula is C28H32Cl4N10O2. The molecule has 4 heterocycles. The summed E-state index contributed by atoms with van der Waals surface area (Å²) in [7, 11) is 0. The second-order valence-electron chi connectivity index (χ2n) is 9.33. The minimum atomic E-state index is -0.199. The van der Waals surface area contributed by atoms with Crippen LogP contribution in [0.5, 0.6) is 0 Å². The molecule has 1 saturated heterocycles. The highest BCUT2D eigenvalue weighted by molar-refractivity contribution is 6.39. The summed E-state index contributed by atoms with van der Waals surface area (Å²) in [5, 5.41) is 31.4. The zero-order valence-electron chi connectivity index (χ0n) is 24.4. The van der Waals surface area contributed by atoms with Crippen molar-refractivity contribution < 1.29 is 9.84 Å². The molecule has 234 valence electrons. The number of ether oxygens (including phenoxy) is 1. The molecule has 0 spiro atoms. The summed E-state index contributed by atoms with van der Waals surface area (Å²) in [5.74, 6) is 5.12. The normalized spacial score (nSPS) is 11.4. The molecule has 0 amide bonds. The molecule has 16 heteroatoms. The van der Waals surface area contributed by atoms with E-state index in [0.29, 0.717) is 42.8 Å². The predicted molar refractivity (Wildman–Crippen MR) is 174 cm³/mol. The molecule has 6 N–H and O–H groups in total. The summed E-state index contributed by atoms with van der Waals surface area (Å²) in [6, 6.07) is 3.20. The number of nitrogen functional groups attached to an aromatic ring is 2. The Labute approximate surface area is 276 Å². The third kappa shape index (κ3) is 11.0. The molecule has 3 aromatic heterocycles. The van der Waals surface area contributed by atoms with Crippen LogP contribution in [0.2, 0.25) is 20.1 Å².